The number of aromatic hydroxyl groups is 1. The third kappa shape index (κ3) is 3.68. The summed E-state index contributed by atoms with van der Waals surface area (Å²) in [7, 11) is 0.130. The predicted molar refractivity (Wildman–Crippen MR) is 75.7 cm³/mol. The number of hydrogen-bond donors (Lipinski definition) is 1. The maximum Gasteiger partial charge on any atom is 0.247 e. The van der Waals surface area contributed by atoms with Crippen molar-refractivity contribution in [2.75, 3.05) is 27.2 Å². The fraction of sp³-hybridized carbons (Fsp3) is 0.538. The SMILES string of the molecule is CCN(C(C)CN(C)C)S(=O)(=O)c1ccccc1O. The molecule has 5 nitrogen and oxygen atoms in total. The van der Waals surface area contributed by atoms with E-state index < -0.39 is 10.0 Å². The van der Waals surface area contributed by atoms with E-state index in [1.165, 1.54) is 16.4 Å². The highest BCUT2D eigenvalue weighted by molar-refractivity contribution is 7.89. The maximum atomic E-state index is 12.6. The molecule has 1 unspecified atom stereocenters. The summed E-state index contributed by atoms with van der Waals surface area (Å²) in [4.78, 5) is 1.90. The molecule has 0 aliphatic heterocycles. The summed E-state index contributed by atoms with van der Waals surface area (Å²) in [6.07, 6.45) is 0. The van der Waals surface area contributed by atoms with Gasteiger partial charge in [-0.25, -0.2) is 8.42 Å². The Hall–Kier alpha value is -1.11. The number of para-hydroxylation sites is 1. The van der Waals surface area contributed by atoms with Gasteiger partial charge in [0.15, 0.2) is 0 Å². The number of phenolic OH excluding ortho intramolecular Hbond substituents is 1. The predicted octanol–water partition coefficient (Wildman–Crippen LogP) is 1.35. The van der Waals surface area contributed by atoms with Gasteiger partial charge in [0.1, 0.15) is 10.6 Å². The standard InChI is InChI=1S/C13H22N2O3S/c1-5-15(11(2)10-14(3)4)19(17,18)13-9-7-6-8-12(13)16/h6-9,11,16H,5,10H2,1-4H3. The number of sulfonamides is 1. The van der Waals surface area contributed by atoms with Crippen LogP contribution in [0.3, 0.4) is 0 Å². The second-order valence-electron chi connectivity index (χ2n) is 4.79. The zero-order chi connectivity index (χ0) is 14.6. The average molecular weight is 286 g/mol. The van der Waals surface area contributed by atoms with Gasteiger partial charge < -0.3 is 10.0 Å². The monoisotopic (exact) mass is 286 g/mol. The summed E-state index contributed by atoms with van der Waals surface area (Å²) in [6.45, 7) is 4.65. The normalized spacial score (nSPS) is 14.0. The number of likely N-dealkylation sites (N-methyl/N-ethyl adjacent to an activating group) is 2. The van der Waals surface area contributed by atoms with Gasteiger partial charge in [0.2, 0.25) is 10.0 Å². The number of hydrogen-bond acceptors (Lipinski definition) is 4. The zero-order valence-electron chi connectivity index (χ0n) is 11.9. The summed E-state index contributed by atoms with van der Waals surface area (Å²) in [5.41, 5.74) is 0. The van der Waals surface area contributed by atoms with Gasteiger partial charge in [-0.05, 0) is 33.2 Å². The van der Waals surface area contributed by atoms with Crippen LogP contribution in [0.4, 0.5) is 0 Å². The Labute approximate surface area is 115 Å². The van der Waals surface area contributed by atoms with Crippen molar-refractivity contribution in [3.8, 4) is 5.75 Å². The Morgan fingerprint density at radius 1 is 1.26 bits per heavy atom. The molecule has 0 spiro atoms. The van der Waals surface area contributed by atoms with Gasteiger partial charge in [-0.2, -0.15) is 4.31 Å². The van der Waals surface area contributed by atoms with Crippen LogP contribution in [-0.2, 0) is 10.0 Å². The van der Waals surface area contributed by atoms with Crippen LogP contribution in [0.2, 0.25) is 0 Å². The average Bonchev–Trinajstić information content (AvgIpc) is 2.28. The molecule has 0 bridgehead atoms. The van der Waals surface area contributed by atoms with Crippen molar-refractivity contribution in [1.82, 2.24) is 9.21 Å². The third-order valence-electron chi connectivity index (χ3n) is 2.88. The molecule has 0 aliphatic carbocycles. The smallest absolute Gasteiger partial charge is 0.247 e. The summed E-state index contributed by atoms with van der Waals surface area (Å²) in [5.74, 6) is -0.210. The van der Waals surface area contributed by atoms with Crippen molar-refractivity contribution in [3.63, 3.8) is 0 Å². The van der Waals surface area contributed by atoms with Crippen LogP contribution in [0.15, 0.2) is 29.2 Å². The van der Waals surface area contributed by atoms with Gasteiger partial charge >= 0.3 is 0 Å². The van der Waals surface area contributed by atoms with Crippen LogP contribution in [0, 0.1) is 0 Å². The first-order valence-corrected chi connectivity index (χ1v) is 7.69. The maximum absolute atomic E-state index is 12.6. The van der Waals surface area contributed by atoms with E-state index in [9.17, 15) is 13.5 Å². The summed E-state index contributed by atoms with van der Waals surface area (Å²) >= 11 is 0. The minimum Gasteiger partial charge on any atom is -0.507 e. The molecule has 0 radical (unpaired) electrons. The number of benzene rings is 1. The second-order valence-corrected chi connectivity index (χ2v) is 6.65. The Bertz CT molecular complexity index is 514. The summed E-state index contributed by atoms with van der Waals surface area (Å²) in [6, 6.07) is 5.86. The minimum absolute atomic E-state index is 0.0394. The highest BCUT2D eigenvalue weighted by Crippen LogP contribution is 2.26. The number of nitrogens with zero attached hydrogens (tertiary/aromatic N) is 2. The minimum atomic E-state index is -3.67. The lowest BCUT2D eigenvalue weighted by atomic mass is 10.3. The van der Waals surface area contributed by atoms with Crippen molar-refractivity contribution in [1.29, 1.82) is 0 Å². The van der Waals surface area contributed by atoms with Gasteiger partial charge in [0.25, 0.3) is 0 Å². The lowest BCUT2D eigenvalue weighted by Gasteiger charge is -2.29. The highest BCUT2D eigenvalue weighted by atomic mass is 32.2. The van der Waals surface area contributed by atoms with E-state index in [1.807, 2.05) is 25.9 Å². The van der Waals surface area contributed by atoms with E-state index in [0.717, 1.165) is 0 Å². The quantitative estimate of drug-likeness (QED) is 0.857. The molecule has 0 amide bonds. The zero-order valence-corrected chi connectivity index (χ0v) is 12.7. The largest absolute Gasteiger partial charge is 0.507 e. The van der Waals surface area contributed by atoms with E-state index in [1.54, 1.807) is 19.1 Å². The summed E-state index contributed by atoms with van der Waals surface area (Å²) < 4.78 is 26.5. The van der Waals surface area contributed by atoms with Gasteiger partial charge in [0, 0.05) is 19.1 Å². The lowest BCUT2D eigenvalue weighted by Crippen LogP contribution is -2.43. The summed E-state index contributed by atoms with van der Waals surface area (Å²) in [5, 5.41) is 9.74. The molecule has 19 heavy (non-hydrogen) atoms. The van der Waals surface area contributed by atoms with E-state index in [4.69, 9.17) is 0 Å². The fourth-order valence-electron chi connectivity index (χ4n) is 2.14. The van der Waals surface area contributed by atoms with E-state index in [0.29, 0.717) is 13.1 Å². The molecule has 6 heteroatoms. The van der Waals surface area contributed by atoms with Gasteiger partial charge in [0.05, 0.1) is 0 Å². The van der Waals surface area contributed by atoms with Crippen LogP contribution in [0.5, 0.6) is 5.75 Å². The number of rotatable bonds is 6. The fourth-order valence-corrected chi connectivity index (χ4v) is 3.86. The van der Waals surface area contributed by atoms with Crippen LogP contribution in [0.25, 0.3) is 0 Å². The molecule has 1 N–H and O–H groups in total. The molecule has 0 saturated heterocycles. The Kier molecular flexibility index (Phi) is 5.34. The first-order valence-electron chi connectivity index (χ1n) is 6.25. The van der Waals surface area contributed by atoms with E-state index in [-0.39, 0.29) is 16.7 Å². The Balaban J connectivity index is 3.13. The van der Waals surface area contributed by atoms with Crippen LogP contribution in [-0.4, -0.2) is 56.0 Å². The molecular formula is C13H22N2O3S. The number of phenols is 1. The molecule has 1 aromatic rings. The van der Waals surface area contributed by atoms with Crippen molar-refractivity contribution in [2.24, 2.45) is 0 Å². The van der Waals surface area contributed by atoms with Crippen LogP contribution >= 0.6 is 0 Å². The molecule has 1 atom stereocenters. The molecule has 108 valence electrons. The van der Waals surface area contributed by atoms with E-state index >= 15 is 0 Å². The molecule has 0 saturated carbocycles. The van der Waals surface area contributed by atoms with Crippen molar-refractivity contribution < 1.29 is 13.5 Å². The molecular weight excluding hydrogens is 264 g/mol. The topological polar surface area (TPSA) is 60.9 Å². The van der Waals surface area contributed by atoms with Crippen molar-refractivity contribution in [2.45, 2.75) is 24.8 Å². The first kappa shape index (κ1) is 15.9. The molecule has 0 aliphatic rings. The van der Waals surface area contributed by atoms with E-state index in [2.05, 4.69) is 0 Å². The molecule has 0 heterocycles. The Morgan fingerprint density at radius 2 is 1.84 bits per heavy atom. The molecule has 1 rings (SSSR count). The van der Waals surface area contributed by atoms with Crippen molar-refractivity contribution >= 4 is 10.0 Å². The van der Waals surface area contributed by atoms with Gasteiger partial charge in [-0.3, -0.25) is 0 Å². The van der Waals surface area contributed by atoms with Crippen molar-refractivity contribution in [3.05, 3.63) is 24.3 Å². The molecule has 0 fully saturated rings. The Morgan fingerprint density at radius 3 is 2.32 bits per heavy atom. The van der Waals surface area contributed by atoms with Gasteiger partial charge in [-0.15, -0.1) is 0 Å². The first-order chi connectivity index (χ1) is 8.80. The van der Waals surface area contributed by atoms with Gasteiger partial charge in [-0.1, -0.05) is 19.1 Å². The molecule has 1 aromatic carbocycles. The highest BCUT2D eigenvalue weighted by Gasteiger charge is 2.29. The molecule has 0 aromatic heterocycles. The second kappa shape index (κ2) is 6.36. The van der Waals surface area contributed by atoms with Crippen LogP contribution < -0.4 is 0 Å². The third-order valence-corrected chi connectivity index (χ3v) is 5.02. The van der Waals surface area contributed by atoms with Crippen LogP contribution in [0.1, 0.15) is 13.8 Å². The lowest BCUT2D eigenvalue weighted by molar-refractivity contribution is 0.271.